The summed E-state index contributed by atoms with van der Waals surface area (Å²) in [4.78, 5) is 11.3. The van der Waals surface area contributed by atoms with Crippen molar-refractivity contribution in [2.75, 3.05) is 7.05 Å². The fourth-order valence-corrected chi connectivity index (χ4v) is 2.51. The quantitative estimate of drug-likeness (QED) is 0.852. The van der Waals surface area contributed by atoms with Crippen molar-refractivity contribution >= 4 is 27.5 Å². The first-order valence-electron chi connectivity index (χ1n) is 4.86. The van der Waals surface area contributed by atoms with Gasteiger partial charge >= 0.3 is 0 Å². The second kappa shape index (κ2) is 5.48. The molecule has 0 fully saturated rings. The monoisotopic (exact) mass is 276 g/mol. The van der Waals surface area contributed by atoms with Crippen LogP contribution in [0.2, 0.25) is 5.02 Å². The molecule has 1 amide bonds. The van der Waals surface area contributed by atoms with Crippen LogP contribution in [0.15, 0.2) is 29.2 Å². The number of rotatable bonds is 4. The third-order valence-electron chi connectivity index (χ3n) is 2.10. The van der Waals surface area contributed by atoms with Gasteiger partial charge in [-0.3, -0.25) is 4.79 Å². The molecule has 0 saturated carbocycles. The van der Waals surface area contributed by atoms with Crippen molar-refractivity contribution in [2.24, 2.45) is 0 Å². The van der Waals surface area contributed by atoms with E-state index in [4.69, 9.17) is 11.6 Å². The molecule has 0 aliphatic rings. The second-order valence-corrected chi connectivity index (χ2v) is 5.56. The van der Waals surface area contributed by atoms with Crippen LogP contribution in [0.25, 0.3) is 0 Å². The van der Waals surface area contributed by atoms with Crippen molar-refractivity contribution in [1.82, 2.24) is 10.0 Å². The first-order chi connectivity index (χ1) is 7.86. The van der Waals surface area contributed by atoms with Crippen molar-refractivity contribution in [2.45, 2.75) is 17.9 Å². The molecular formula is C10H13ClN2O3S. The minimum absolute atomic E-state index is 0.0673. The fourth-order valence-electron chi connectivity index (χ4n) is 1.18. The predicted molar refractivity (Wildman–Crippen MR) is 65.3 cm³/mol. The Morgan fingerprint density at radius 2 is 1.82 bits per heavy atom. The van der Waals surface area contributed by atoms with Crippen molar-refractivity contribution < 1.29 is 13.2 Å². The molecular weight excluding hydrogens is 264 g/mol. The first-order valence-corrected chi connectivity index (χ1v) is 6.72. The number of nitrogens with one attached hydrogen (secondary N) is 2. The molecule has 1 atom stereocenters. The standard InChI is InChI=1S/C10H13ClN2O3S/c1-7(10(14)12-2)13-17(15,16)9-5-3-8(11)4-6-9/h3-7,13H,1-2H3,(H,12,14)/t7-/m0/s1. The maximum absolute atomic E-state index is 11.8. The topological polar surface area (TPSA) is 75.3 Å². The van der Waals surface area contributed by atoms with E-state index in [1.54, 1.807) is 0 Å². The molecule has 1 aromatic carbocycles. The van der Waals surface area contributed by atoms with Crippen LogP contribution in [0, 0.1) is 0 Å². The van der Waals surface area contributed by atoms with Crippen LogP contribution in [0.5, 0.6) is 0 Å². The van der Waals surface area contributed by atoms with E-state index in [2.05, 4.69) is 10.0 Å². The number of amides is 1. The molecule has 0 unspecified atom stereocenters. The summed E-state index contributed by atoms with van der Waals surface area (Å²) >= 11 is 5.66. The molecule has 5 nitrogen and oxygen atoms in total. The van der Waals surface area contributed by atoms with Gasteiger partial charge in [-0.15, -0.1) is 0 Å². The fraction of sp³-hybridized carbons (Fsp3) is 0.300. The van der Waals surface area contributed by atoms with Crippen LogP contribution < -0.4 is 10.0 Å². The van der Waals surface area contributed by atoms with Crippen LogP contribution in [-0.4, -0.2) is 27.4 Å². The second-order valence-electron chi connectivity index (χ2n) is 3.41. The van der Waals surface area contributed by atoms with Crippen LogP contribution in [0.3, 0.4) is 0 Å². The molecule has 0 heterocycles. The van der Waals surface area contributed by atoms with E-state index in [-0.39, 0.29) is 4.90 Å². The van der Waals surface area contributed by atoms with E-state index in [1.807, 2.05) is 0 Å². The van der Waals surface area contributed by atoms with Crippen molar-refractivity contribution in [3.63, 3.8) is 0 Å². The highest BCUT2D eigenvalue weighted by Gasteiger charge is 2.20. The molecule has 7 heteroatoms. The Morgan fingerprint density at radius 1 is 1.29 bits per heavy atom. The van der Waals surface area contributed by atoms with Gasteiger partial charge in [0.05, 0.1) is 10.9 Å². The smallest absolute Gasteiger partial charge is 0.241 e. The van der Waals surface area contributed by atoms with E-state index in [0.717, 1.165) is 0 Å². The first kappa shape index (κ1) is 14.0. The molecule has 0 aliphatic heterocycles. The maximum Gasteiger partial charge on any atom is 0.241 e. The molecule has 2 N–H and O–H groups in total. The molecule has 0 aliphatic carbocycles. The lowest BCUT2D eigenvalue weighted by atomic mass is 10.3. The number of sulfonamides is 1. The third-order valence-corrected chi connectivity index (χ3v) is 3.90. The van der Waals surface area contributed by atoms with Crippen LogP contribution in [0.4, 0.5) is 0 Å². The molecule has 1 rings (SSSR count). The predicted octanol–water partition coefficient (Wildman–Crippen LogP) is 0.753. The lowest BCUT2D eigenvalue weighted by molar-refractivity contribution is -0.121. The lowest BCUT2D eigenvalue weighted by Gasteiger charge is -2.12. The molecule has 0 radical (unpaired) electrons. The summed E-state index contributed by atoms with van der Waals surface area (Å²) in [5.41, 5.74) is 0. The molecule has 1 aromatic rings. The van der Waals surface area contributed by atoms with Gasteiger partial charge in [-0.05, 0) is 31.2 Å². The zero-order valence-electron chi connectivity index (χ0n) is 9.40. The van der Waals surface area contributed by atoms with Gasteiger partial charge < -0.3 is 5.32 Å². The summed E-state index contributed by atoms with van der Waals surface area (Å²) in [6.45, 7) is 1.46. The van der Waals surface area contributed by atoms with E-state index in [9.17, 15) is 13.2 Å². The van der Waals surface area contributed by atoms with E-state index in [0.29, 0.717) is 5.02 Å². The number of likely N-dealkylation sites (N-methyl/N-ethyl adjacent to an activating group) is 1. The van der Waals surface area contributed by atoms with E-state index < -0.39 is 22.0 Å². The van der Waals surface area contributed by atoms with Crippen molar-refractivity contribution in [1.29, 1.82) is 0 Å². The average molecular weight is 277 g/mol. The van der Waals surface area contributed by atoms with Crippen molar-refractivity contribution in [3.05, 3.63) is 29.3 Å². The molecule has 17 heavy (non-hydrogen) atoms. The maximum atomic E-state index is 11.8. The number of carbonyl (C=O) groups is 1. The highest BCUT2D eigenvalue weighted by Crippen LogP contribution is 2.14. The normalized spacial score (nSPS) is 13.1. The zero-order valence-corrected chi connectivity index (χ0v) is 11.0. The summed E-state index contributed by atoms with van der Waals surface area (Å²) in [7, 11) is -2.26. The molecule has 0 spiro atoms. The molecule has 0 saturated heterocycles. The van der Waals surface area contributed by atoms with Gasteiger partial charge in [-0.25, -0.2) is 8.42 Å². The Kier molecular flexibility index (Phi) is 4.50. The SMILES string of the molecule is CNC(=O)[C@H](C)NS(=O)(=O)c1ccc(Cl)cc1. The Hall–Kier alpha value is -1.11. The van der Waals surface area contributed by atoms with Crippen molar-refractivity contribution in [3.8, 4) is 0 Å². The van der Waals surface area contributed by atoms with Gasteiger partial charge in [0.2, 0.25) is 15.9 Å². The van der Waals surface area contributed by atoms with E-state index in [1.165, 1.54) is 38.2 Å². The van der Waals surface area contributed by atoms with Crippen LogP contribution in [0.1, 0.15) is 6.92 Å². The van der Waals surface area contributed by atoms with Gasteiger partial charge in [-0.2, -0.15) is 4.72 Å². The largest absolute Gasteiger partial charge is 0.358 e. The Morgan fingerprint density at radius 3 is 2.29 bits per heavy atom. The number of hydrogen-bond acceptors (Lipinski definition) is 3. The average Bonchev–Trinajstić information content (AvgIpc) is 2.27. The minimum atomic E-state index is -3.70. The van der Waals surface area contributed by atoms with Crippen LogP contribution >= 0.6 is 11.6 Å². The number of carbonyl (C=O) groups excluding carboxylic acids is 1. The minimum Gasteiger partial charge on any atom is -0.358 e. The summed E-state index contributed by atoms with van der Waals surface area (Å²) in [5.74, 6) is -0.400. The highest BCUT2D eigenvalue weighted by atomic mass is 35.5. The van der Waals surface area contributed by atoms with Gasteiger partial charge in [0.15, 0.2) is 0 Å². The number of benzene rings is 1. The van der Waals surface area contributed by atoms with Gasteiger partial charge in [-0.1, -0.05) is 11.6 Å². The zero-order chi connectivity index (χ0) is 13.1. The lowest BCUT2D eigenvalue weighted by Crippen LogP contribution is -2.43. The summed E-state index contributed by atoms with van der Waals surface area (Å²) < 4.78 is 25.9. The number of halogens is 1. The summed E-state index contributed by atoms with van der Waals surface area (Å²) in [6.07, 6.45) is 0. The third kappa shape index (κ3) is 3.69. The highest BCUT2D eigenvalue weighted by molar-refractivity contribution is 7.89. The van der Waals surface area contributed by atoms with Gasteiger partial charge in [0.25, 0.3) is 0 Å². The van der Waals surface area contributed by atoms with Gasteiger partial charge in [0, 0.05) is 12.1 Å². The molecule has 0 aromatic heterocycles. The summed E-state index contributed by atoms with van der Waals surface area (Å²) in [5, 5.41) is 2.81. The van der Waals surface area contributed by atoms with Gasteiger partial charge in [0.1, 0.15) is 0 Å². The number of hydrogen-bond donors (Lipinski definition) is 2. The Balaban J connectivity index is 2.89. The summed E-state index contributed by atoms with van der Waals surface area (Å²) in [6, 6.07) is 4.87. The van der Waals surface area contributed by atoms with E-state index >= 15 is 0 Å². The Bertz CT molecular complexity index is 499. The van der Waals surface area contributed by atoms with Crippen LogP contribution in [-0.2, 0) is 14.8 Å². The molecule has 94 valence electrons. The Labute approximate surface area is 105 Å². The molecule has 0 bridgehead atoms.